The smallest absolute Gasteiger partial charge is 0.251 e. The second-order valence-corrected chi connectivity index (χ2v) is 5.17. The van der Waals surface area contributed by atoms with Gasteiger partial charge in [0, 0.05) is 22.3 Å². The molecule has 0 unspecified atom stereocenters. The van der Waals surface area contributed by atoms with Gasteiger partial charge in [0.05, 0.1) is 0 Å². The van der Waals surface area contributed by atoms with Gasteiger partial charge in [-0.05, 0) is 36.9 Å². The van der Waals surface area contributed by atoms with Gasteiger partial charge in [-0.3, -0.25) is 4.79 Å². The first-order valence-electron chi connectivity index (χ1n) is 4.68. The molecule has 0 saturated carbocycles. The van der Waals surface area contributed by atoms with Gasteiger partial charge in [-0.2, -0.15) is 11.8 Å². The molecule has 0 aromatic heterocycles. The summed E-state index contributed by atoms with van der Waals surface area (Å²) in [5, 5.41) is 2.87. The molecule has 82 valence electrons. The van der Waals surface area contributed by atoms with Crippen LogP contribution in [0.4, 0.5) is 0 Å². The number of halogens is 1. The van der Waals surface area contributed by atoms with Crippen LogP contribution in [-0.2, 0) is 0 Å². The topological polar surface area (TPSA) is 29.1 Å². The van der Waals surface area contributed by atoms with Crippen LogP contribution in [0, 0.1) is 6.92 Å². The SMILES string of the molecule is CSCCNC(=O)c1cc(C)cc(Br)c1. The van der Waals surface area contributed by atoms with E-state index in [1.807, 2.05) is 31.4 Å². The highest BCUT2D eigenvalue weighted by Gasteiger charge is 2.05. The third-order valence-electron chi connectivity index (χ3n) is 1.90. The van der Waals surface area contributed by atoms with Crippen molar-refractivity contribution in [2.45, 2.75) is 6.92 Å². The molecule has 0 aliphatic carbocycles. The van der Waals surface area contributed by atoms with E-state index in [4.69, 9.17) is 0 Å². The van der Waals surface area contributed by atoms with Crippen molar-refractivity contribution in [2.75, 3.05) is 18.6 Å². The molecule has 15 heavy (non-hydrogen) atoms. The predicted octanol–water partition coefficient (Wildman–Crippen LogP) is 2.85. The lowest BCUT2D eigenvalue weighted by molar-refractivity contribution is 0.0956. The lowest BCUT2D eigenvalue weighted by Crippen LogP contribution is -2.25. The molecule has 1 N–H and O–H groups in total. The normalized spacial score (nSPS) is 10.1. The van der Waals surface area contributed by atoms with Crippen molar-refractivity contribution in [2.24, 2.45) is 0 Å². The van der Waals surface area contributed by atoms with Crippen LogP contribution < -0.4 is 5.32 Å². The summed E-state index contributed by atoms with van der Waals surface area (Å²) in [5.41, 5.74) is 1.79. The Kier molecular flexibility index (Phi) is 5.19. The lowest BCUT2D eigenvalue weighted by Gasteiger charge is -2.05. The minimum Gasteiger partial charge on any atom is -0.351 e. The number of carbonyl (C=O) groups excluding carboxylic acids is 1. The number of aryl methyl sites for hydroxylation is 1. The monoisotopic (exact) mass is 287 g/mol. The Bertz CT molecular complexity index is 334. The summed E-state index contributed by atoms with van der Waals surface area (Å²) in [6, 6.07) is 5.71. The molecule has 2 nitrogen and oxygen atoms in total. The molecule has 0 heterocycles. The summed E-state index contributed by atoms with van der Waals surface area (Å²) < 4.78 is 0.942. The van der Waals surface area contributed by atoms with Gasteiger partial charge in [-0.1, -0.05) is 15.9 Å². The maximum atomic E-state index is 11.7. The second-order valence-electron chi connectivity index (χ2n) is 3.27. The minimum absolute atomic E-state index is 0.00606. The Hall–Kier alpha value is -0.480. The number of carbonyl (C=O) groups is 1. The Labute approximate surface area is 103 Å². The minimum atomic E-state index is -0.00606. The van der Waals surface area contributed by atoms with Crippen molar-refractivity contribution in [1.82, 2.24) is 5.32 Å². The van der Waals surface area contributed by atoms with Crippen LogP contribution in [0.25, 0.3) is 0 Å². The van der Waals surface area contributed by atoms with E-state index in [1.165, 1.54) is 0 Å². The van der Waals surface area contributed by atoms with E-state index in [9.17, 15) is 4.79 Å². The number of amides is 1. The van der Waals surface area contributed by atoms with Gasteiger partial charge in [0.25, 0.3) is 5.91 Å². The molecule has 1 aromatic rings. The van der Waals surface area contributed by atoms with Crippen LogP contribution in [0.5, 0.6) is 0 Å². The van der Waals surface area contributed by atoms with Gasteiger partial charge in [0.2, 0.25) is 0 Å². The lowest BCUT2D eigenvalue weighted by atomic mass is 10.1. The summed E-state index contributed by atoms with van der Waals surface area (Å²) in [4.78, 5) is 11.7. The average molecular weight is 288 g/mol. The van der Waals surface area contributed by atoms with Gasteiger partial charge in [0.15, 0.2) is 0 Å². The summed E-state index contributed by atoms with van der Waals surface area (Å²) in [7, 11) is 0. The Morgan fingerprint density at radius 2 is 2.20 bits per heavy atom. The molecule has 1 rings (SSSR count). The standard InChI is InChI=1S/C11H14BrNOS/c1-8-5-9(7-10(12)6-8)11(14)13-3-4-15-2/h5-7H,3-4H2,1-2H3,(H,13,14). The maximum Gasteiger partial charge on any atom is 0.251 e. The van der Waals surface area contributed by atoms with Crippen molar-refractivity contribution in [3.63, 3.8) is 0 Å². The van der Waals surface area contributed by atoms with Gasteiger partial charge in [-0.15, -0.1) is 0 Å². The first kappa shape index (κ1) is 12.6. The fourth-order valence-electron chi connectivity index (χ4n) is 1.24. The van der Waals surface area contributed by atoms with E-state index < -0.39 is 0 Å². The van der Waals surface area contributed by atoms with Crippen molar-refractivity contribution in [3.8, 4) is 0 Å². The number of hydrogen-bond acceptors (Lipinski definition) is 2. The van der Waals surface area contributed by atoms with Crippen molar-refractivity contribution in [3.05, 3.63) is 33.8 Å². The Morgan fingerprint density at radius 3 is 2.80 bits per heavy atom. The van der Waals surface area contributed by atoms with E-state index in [-0.39, 0.29) is 5.91 Å². The van der Waals surface area contributed by atoms with E-state index in [1.54, 1.807) is 11.8 Å². The maximum absolute atomic E-state index is 11.7. The Morgan fingerprint density at radius 1 is 1.47 bits per heavy atom. The molecule has 1 amide bonds. The molecule has 0 bridgehead atoms. The summed E-state index contributed by atoms with van der Waals surface area (Å²) in [6.07, 6.45) is 2.02. The van der Waals surface area contributed by atoms with E-state index in [2.05, 4.69) is 21.2 Å². The number of nitrogens with one attached hydrogen (secondary N) is 1. The first-order valence-corrected chi connectivity index (χ1v) is 6.86. The van der Waals surface area contributed by atoms with Crippen molar-refractivity contribution in [1.29, 1.82) is 0 Å². The van der Waals surface area contributed by atoms with Crippen LogP contribution in [0.1, 0.15) is 15.9 Å². The molecule has 4 heteroatoms. The van der Waals surface area contributed by atoms with Crippen LogP contribution in [0.2, 0.25) is 0 Å². The van der Waals surface area contributed by atoms with E-state index >= 15 is 0 Å². The largest absolute Gasteiger partial charge is 0.351 e. The van der Waals surface area contributed by atoms with E-state index in [0.717, 1.165) is 15.8 Å². The highest BCUT2D eigenvalue weighted by molar-refractivity contribution is 9.10. The number of rotatable bonds is 4. The number of hydrogen-bond donors (Lipinski definition) is 1. The van der Waals surface area contributed by atoms with Crippen molar-refractivity contribution >= 4 is 33.6 Å². The van der Waals surface area contributed by atoms with Crippen LogP contribution in [0.15, 0.2) is 22.7 Å². The zero-order chi connectivity index (χ0) is 11.3. The molecule has 0 saturated heterocycles. The van der Waals surface area contributed by atoms with Gasteiger partial charge in [-0.25, -0.2) is 0 Å². The van der Waals surface area contributed by atoms with Gasteiger partial charge in [0.1, 0.15) is 0 Å². The first-order chi connectivity index (χ1) is 7.13. The predicted molar refractivity (Wildman–Crippen MR) is 69.6 cm³/mol. The van der Waals surface area contributed by atoms with Crippen molar-refractivity contribution < 1.29 is 4.79 Å². The highest BCUT2D eigenvalue weighted by atomic mass is 79.9. The van der Waals surface area contributed by atoms with Gasteiger partial charge < -0.3 is 5.32 Å². The third-order valence-corrected chi connectivity index (χ3v) is 2.97. The molecule has 0 aliphatic heterocycles. The van der Waals surface area contributed by atoms with E-state index in [0.29, 0.717) is 12.1 Å². The summed E-state index contributed by atoms with van der Waals surface area (Å²) in [6.45, 7) is 2.69. The van der Waals surface area contributed by atoms with Crippen LogP contribution >= 0.6 is 27.7 Å². The Balaban J connectivity index is 2.65. The fraction of sp³-hybridized carbons (Fsp3) is 0.364. The molecule has 0 spiro atoms. The second kappa shape index (κ2) is 6.18. The summed E-state index contributed by atoms with van der Waals surface area (Å²) in [5.74, 6) is 0.937. The number of thioether (sulfide) groups is 1. The molecular weight excluding hydrogens is 274 g/mol. The molecule has 0 atom stereocenters. The number of benzene rings is 1. The molecule has 0 fully saturated rings. The van der Waals surface area contributed by atoms with Gasteiger partial charge >= 0.3 is 0 Å². The fourth-order valence-corrected chi connectivity index (χ4v) is 2.15. The third kappa shape index (κ3) is 4.26. The molecule has 0 aliphatic rings. The quantitative estimate of drug-likeness (QED) is 0.863. The average Bonchev–Trinajstić information content (AvgIpc) is 2.16. The zero-order valence-electron chi connectivity index (χ0n) is 8.84. The molecular formula is C11H14BrNOS. The zero-order valence-corrected chi connectivity index (χ0v) is 11.2. The molecule has 1 aromatic carbocycles. The summed E-state index contributed by atoms with van der Waals surface area (Å²) >= 11 is 5.10. The highest BCUT2D eigenvalue weighted by Crippen LogP contribution is 2.15. The van der Waals surface area contributed by atoms with Crippen LogP contribution in [-0.4, -0.2) is 24.5 Å². The van der Waals surface area contributed by atoms with Crippen LogP contribution in [0.3, 0.4) is 0 Å². The molecule has 0 radical (unpaired) electrons.